The number of urea groups is 1. The van der Waals surface area contributed by atoms with Gasteiger partial charge in [0.15, 0.2) is 0 Å². The molecule has 0 heterocycles. The molecule has 0 radical (unpaired) electrons. The number of anilines is 1. The molecule has 2 amide bonds. The molecular weight excluding hydrogens is 256 g/mol. The quantitative estimate of drug-likeness (QED) is 0.696. The van der Waals surface area contributed by atoms with E-state index >= 15 is 0 Å². The van der Waals surface area contributed by atoms with Crippen molar-refractivity contribution in [2.24, 2.45) is 0 Å². The number of nitrogens with one attached hydrogen (secondary N) is 2. The highest BCUT2D eigenvalue weighted by molar-refractivity contribution is 5.89. The second-order valence-electron chi connectivity index (χ2n) is 4.95. The number of rotatable bonds is 6. The van der Waals surface area contributed by atoms with Gasteiger partial charge in [-0.3, -0.25) is 0 Å². The van der Waals surface area contributed by atoms with E-state index in [1.54, 1.807) is 24.3 Å². The molecular formula is C15H20N2O3. The lowest BCUT2D eigenvalue weighted by Crippen LogP contribution is -2.46. The van der Waals surface area contributed by atoms with Crippen LogP contribution in [0.4, 0.5) is 10.5 Å². The molecule has 0 saturated carbocycles. The molecule has 0 spiro atoms. The van der Waals surface area contributed by atoms with Crippen molar-refractivity contribution in [1.29, 1.82) is 0 Å². The molecule has 0 aliphatic rings. The minimum absolute atomic E-state index is 0.0223. The van der Waals surface area contributed by atoms with Crippen molar-refractivity contribution >= 4 is 11.7 Å². The molecule has 108 valence electrons. The summed E-state index contributed by atoms with van der Waals surface area (Å²) < 4.78 is 5.24. The summed E-state index contributed by atoms with van der Waals surface area (Å²) in [5, 5.41) is 14.4. The second kappa shape index (κ2) is 7.41. The summed E-state index contributed by atoms with van der Waals surface area (Å²) in [6.45, 7) is 3.93. The lowest BCUT2D eigenvalue weighted by molar-refractivity contribution is 0.218. The Morgan fingerprint density at radius 1 is 1.40 bits per heavy atom. The maximum Gasteiger partial charge on any atom is 0.319 e. The highest BCUT2D eigenvalue weighted by atomic mass is 16.5. The van der Waals surface area contributed by atoms with Crippen molar-refractivity contribution in [3.63, 3.8) is 0 Å². The Labute approximate surface area is 119 Å². The summed E-state index contributed by atoms with van der Waals surface area (Å²) in [6, 6.07) is 6.59. The highest BCUT2D eigenvalue weighted by Gasteiger charge is 2.19. The zero-order valence-electron chi connectivity index (χ0n) is 11.8. The van der Waals surface area contributed by atoms with Gasteiger partial charge in [-0.25, -0.2) is 4.79 Å². The number of hydrogen-bond acceptors (Lipinski definition) is 3. The molecule has 1 aromatic rings. The highest BCUT2D eigenvalue weighted by Crippen LogP contribution is 2.16. The van der Waals surface area contributed by atoms with Gasteiger partial charge in [-0.1, -0.05) is 5.92 Å². The number of terminal acetylenes is 1. The fourth-order valence-electron chi connectivity index (χ4n) is 1.57. The van der Waals surface area contributed by atoms with Crippen molar-refractivity contribution < 1.29 is 14.6 Å². The first-order valence-corrected chi connectivity index (χ1v) is 6.33. The summed E-state index contributed by atoms with van der Waals surface area (Å²) in [4.78, 5) is 11.8. The zero-order chi connectivity index (χ0) is 15.0. The Hall–Kier alpha value is -2.19. The third-order valence-corrected chi connectivity index (χ3v) is 2.62. The monoisotopic (exact) mass is 276 g/mol. The Bertz CT molecular complexity index is 475. The number of aliphatic hydroxyl groups excluding tert-OH is 1. The number of carbonyl (C=O) groups is 1. The van der Waals surface area contributed by atoms with Gasteiger partial charge in [0, 0.05) is 17.8 Å². The molecule has 0 bridgehead atoms. The standard InChI is InChI=1S/C15H20N2O3/c1-4-11-20-13-7-5-12(6-8-13)16-14(19)17-15(2,3)9-10-18/h1,5-8,18H,9-11H2,2-3H3,(H2,16,17,19). The average Bonchev–Trinajstić information content (AvgIpc) is 2.37. The lowest BCUT2D eigenvalue weighted by atomic mass is 10.0. The normalized spacial score (nSPS) is 10.5. The largest absolute Gasteiger partial charge is 0.481 e. The van der Waals surface area contributed by atoms with E-state index in [4.69, 9.17) is 16.3 Å². The van der Waals surface area contributed by atoms with Crippen molar-refractivity contribution in [3.05, 3.63) is 24.3 Å². The summed E-state index contributed by atoms with van der Waals surface area (Å²) in [5.74, 6) is 3.03. The summed E-state index contributed by atoms with van der Waals surface area (Å²) in [7, 11) is 0. The van der Waals surface area contributed by atoms with Crippen LogP contribution in [0.25, 0.3) is 0 Å². The number of carbonyl (C=O) groups excluding carboxylic acids is 1. The van der Waals surface area contributed by atoms with Gasteiger partial charge in [0.05, 0.1) is 0 Å². The van der Waals surface area contributed by atoms with Gasteiger partial charge in [-0.2, -0.15) is 0 Å². The molecule has 0 atom stereocenters. The van der Waals surface area contributed by atoms with Crippen LogP contribution in [0.15, 0.2) is 24.3 Å². The van der Waals surface area contributed by atoms with Crippen molar-refractivity contribution in [2.75, 3.05) is 18.5 Å². The van der Waals surface area contributed by atoms with Gasteiger partial charge in [-0.05, 0) is 44.5 Å². The molecule has 1 aromatic carbocycles. The van der Waals surface area contributed by atoms with Crippen molar-refractivity contribution in [3.8, 4) is 18.1 Å². The van der Waals surface area contributed by atoms with Crippen LogP contribution in [0.3, 0.4) is 0 Å². The van der Waals surface area contributed by atoms with Gasteiger partial charge in [0.1, 0.15) is 12.4 Å². The third kappa shape index (κ3) is 5.63. The Morgan fingerprint density at radius 2 is 2.05 bits per heavy atom. The van der Waals surface area contributed by atoms with Gasteiger partial charge in [0.25, 0.3) is 0 Å². The first-order chi connectivity index (χ1) is 9.46. The topological polar surface area (TPSA) is 70.6 Å². The molecule has 5 nitrogen and oxygen atoms in total. The fourth-order valence-corrected chi connectivity index (χ4v) is 1.57. The minimum atomic E-state index is -0.464. The van der Waals surface area contributed by atoms with Crippen LogP contribution in [0.5, 0.6) is 5.75 Å². The molecule has 0 unspecified atom stereocenters. The summed E-state index contributed by atoms with van der Waals surface area (Å²) >= 11 is 0. The van der Waals surface area contributed by atoms with E-state index < -0.39 is 5.54 Å². The molecule has 0 saturated heterocycles. The molecule has 5 heteroatoms. The zero-order valence-corrected chi connectivity index (χ0v) is 11.8. The van der Waals surface area contributed by atoms with Gasteiger partial charge in [0.2, 0.25) is 0 Å². The van der Waals surface area contributed by atoms with Gasteiger partial charge in [-0.15, -0.1) is 6.42 Å². The first-order valence-electron chi connectivity index (χ1n) is 6.33. The van der Waals surface area contributed by atoms with Crippen LogP contribution in [-0.2, 0) is 0 Å². The summed E-state index contributed by atoms with van der Waals surface area (Å²) in [6.07, 6.45) is 5.58. The second-order valence-corrected chi connectivity index (χ2v) is 4.95. The predicted molar refractivity (Wildman–Crippen MR) is 78.7 cm³/mol. The maximum absolute atomic E-state index is 11.8. The number of amides is 2. The Kier molecular flexibility index (Phi) is 5.88. The summed E-state index contributed by atoms with van der Waals surface area (Å²) in [5.41, 5.74) is 0.185. The van der Waals surface area contributed by atoms with E-state index in [2.05, 4.69) is 16.6 Å². The van der Waals surface area contributed by atoms with E-state index in [1.165, 1.54) is 0 Å². The molecule has 0 aliphatic carbocycles. The fraction of sp³-hybridized carbons (Fsp3) is 0.400. The van der Waals surface area contributed by atoms with Crippen LogP contribution in [0.2, 0.25) is 0 Å². The van der Waals surface area contributed by atoms with E-state index in [1.807, 2.05) is 13.8 Å². The average molecular weight is 276 g/mol. The number of aliphatic hydroxyl groups is 1. The smallest absolute Gasteiger partial charge is 0.319 e. The Morgan fingerprint density at radius 3 is 2.60 bits per heavy atom. The van der Waals surface area contributed by atoms with E-state index in [9.17, 15) is 4.79 Å². The lowest BCUT2D eigenvalue weighted by Gasteiger charge is -2.25. The van der Waals surface area contributed by atoms with E-state index in [0.717, 1.165) is 0 Å². The van der Waals surface area contributed by atoms with E-state index in [0.29, 0.717) is 17.9 Å². The Balaban J connectivity index is 2.52. The number of benzene rings is 1. The van der Waals surface area contributed by atoms with Crippen LogP contribution in [0, 0.1) is 12.3 Å². The molecule has 0 aromatic heterocycles. The van der Waals surface area contributed by atoms with Crippen LogP contribution < -0.4 is 15.4 Å². The SMILES string of the molecule is C#CCOc1ccc(NC(=O)NC(C)(C)CCO)cc1. The van der Waals surface area contributed by atoms with Crippen LogP contribution in [-0.4, -0.2) is 29.9 Å². The van der Waals surface area contributed by atoms with Gasteiger partial charge >= 0.3 is 6.03 Å². The predicted octanol–water partition coefficient (Wildman–Crippen LogP) is 1.98. The van der Waals surface area contributed by atoms with Crippen LogP contribution in [0.1, 0.15) is 20.3 Å². The molecule has 1 rings (SSSR count). The molecule has 0 aliphatic heterocycles. The maximum atomic E-state index is 11.8. The number of hydrogen-bond donors (Lipinski definition) is 3. The number of ether oxygens (including phenoxy) is 1. The molecule has 20 heavy (non-hydrogen) atoms. The third-order valence-electron chi connectivity index (χ3n) is 2.62. The van der Waals surface area contributed by atoms with Gasteiger partial charge < -0.3 is 20.5 Å². The van der Waals surface area contributed by atoms with Crippen LogP contribution >= 0.6 is 0 Å². The first kappa shape index (κ1) is 15.9. The van der Waals surface area contributed by atoms with Crippen molar-refractivity contribution in [1.82, 2.24) is 5.32 Å². The minimum Gasteiger partial charge on any atom is -0.481 e. The van der Waals surface area contributed by atoms with E-state index in [-0.39, 0.29) is 19.2 Å². The molecule has 0 fully saturated rings. The molecule has 3 N–H and O–H groups in total. The van der Waals surface area contributed by atoms with Crippen molar-refractivity contribution in [2.45, 2.75) is 25.8 Å².